The van der Waals surface area contributed by atoms with Crippen LogP contribution in [0.4, 0.5) is 11.4 Å². The van der Waals surface area contributed by atoms with Gasteiger partial charge in [0.05, 0.1) is 18.2 Å². The molecule has 0 saturated carbocycles. The molecule has 0 N–H and O–H groups in total. The molecule has 0 radical (unpaired) electrons. The molecule has 0 saturated heterocycles. The molecule has 1 heterocycles. The van der Waals surface area contributed by atoms with Crippen molar-refractivity contribution in [3.05, 3.63) is 66.4 Å². The molecule has 0 fully saturated rings. The number of pyridine rings is 1. The molecule has 0 aliphatic rings. The quantitative estimate of drug-likeness (QED) is 0.261. The van der Waals surface area contributed by atoms with E-state index in [1.165, 1.54) is 7.11 Å². The van der Waals surface area contributed by atoms with Crippen LogP contribution in [-0.2, 0) is 16.6 Å². The van der Waals surface area contributed by atoms with E-state index in [1.807, 2.05) is 67.3 Å². The van der Waals surface area contributed by atoms with Gasteiger partial charge in [-0.1, -0.05) is 12.1 Å². The van der Waals surface area contributed by atoms with Crippen LogP contribution in [0.15, 0.2) is 65.9 Å². The van der Waals surface area contributed by atoms with E-state index >= 15 is 0 Å². The molecule has 0 unspecified atom stereocenters. The third kappa shape index (κ3) is 4.27. The van der Waals surface area contributed by atoms with Crippen molar-refractivity contribution < 1.29 is 14.1 Å². The van der Waals surface area contributed by atoms with Gasteiger partial charge in [-0.2, -0.15) is 5.10 Å². The van der Waals surface area contributed by atoms with Gasteiger partial charge in [-0.05, 0) is 44.2 Å². The minimum absolute atomic E-state index is 0.268. The summed E-state index contributed by atoms with van der Waals surface area (Å²) in [6.45, 7) is 6.19. The van der Waals surface area contributed by atoms with E-state index < -0.39 is 5.97 Å². The molecule has 0 atom stereocenters. The van der Waals surface area contributed by atoms with Crippen LogP contribution in [0.25, 0.3) is 10.9 Å². The lowest BCUT2D eigenvalue weighted by Gasteiger charge is -2.22. The van der Waals surface area contributed by atoms with E-state index in [0.29, 0.717) is 0 Å². The number of methoxy groups -OCH3 is 1. The number of benzene rings is 2. The second kappa shape index (κ2) is 9.39. The number of nitrogens with zero attached hydrogens (tertiary/aromatic N) is 4. The lowest BCUT2D eigenvalue weighted by atomic mass is 10.0. The normalized spacial score (nSPS) is 11.4. The predicted octanol–water partition coefficient (Wildman–Crippen LogP) is 3.52. The summed E-state index contributed by atoms with van der Waals surface area (Å²) in [7, 11) is 5.19. The molecular weight excluding hydrogens is 376 g/mol. The maximum absolute atomic E-state index is 12.6. The Morgan fingerprint density at radius 2 is 1.63 bits per heavy atom. The van der Waals surface area contributed by atoms with E-state index in [4.69, 9.17) is 4.74 Å². The number of esters is 1. The Balaban J connectivity index is 2.03. The average Bonchev–Trinajstić information content (AvgIpc) is 2.79. The standard InChI is InChI=1S/C24H29N4O2/c1-6-28(7-2)19-14-12-18(13-15-19)27(4)25-23(24(29)30-5)21-16-17-26(3)22-11-9-8-10-20(21)22/h8-17H,6-7H2,1-5H3/q+1. The van der Waals surface area contributed by atoms with E-state index in [9.17, 15) is 4.79 Å². The first-order chi connectivity index (χ1) is 14.5. The van der Waals surface area contributed by atoms with Crippen LogP contribution in [-0.4, -0.2) is 38.9 Å². The van der Waals surface area contributed by atoms with Gasteiger partial charge in [-0.25, -0.2) is 9.36 Å². The fourth-order valence-electron chi connectivity index (χ4n) is 3.55. The van der Waals surface area contributed by atoms with Gasteiger partial charge in [0.25, 0.3) is 0 Å². The van der Waals surface area contributed by atoms with Crippen LogP contribution in [0.5, 0.6) is 0 Å². The number of hydrazone groups is 1. The number of aryl methyl sites for hydroxylation is 1. The Morgan fingerprint density at radius 1 is 1.00 bits per heavy atom. The highest BCUT2D eigenvalue weighted by Crippen LogP contribution is 2.22. The highest BCUT2D eigenvalue weighted by Gasteiger charge is 2.21. The number of hydrogen-bond acceptors (Lipinski definition) is 5. The Morgan fingerprint density at radius 3 is 2.27 bits per heavy atom. The van der Waals surface area contributed by atoms with Crippen LogP contribution in [0.3, 0.4) is 0 Å². The summed E-state index contributed by atoms with van der Waals surface area (Å²) < 4.78 is 7.07. The largest absolute Gasteiger partial charge is 0.464 e. The van der Waals surface area contributed by atoms with Crippen molar-refractivity contribution in [1.29, 1.82) is 0 Å². The molecule has 0 spiro atoms. The van der Waals surface area contributed by atoms with Gasteiger partial charge in [0, 0.05) is 43.5 Å². The van der Waals surface area contributed by atoms with Crippen LogP contribution in [0.1, 0.15) is 19.4 Å². The molecule has 0 aliphatic heterocycles. The third-order valence-electron chi connectivity index (χ3n) is 5.27. The number of hydrogen-bond donors (Lipinski definition) is 0. The first kappa shape index (κ1) is 21.3. The zero-order valence-corrected chi connectivity index (χ0v) is 18.3. The Kier molecular flexibility index (Phi) is 6.67. The minimum atomic E-state index is -0.472. The molecule has 6 heteroatoms. The Labute approximate surface area is 178 Å². The van der Waals surface area contributed by atoms with Crippen LogP contribution >= 0.6 is 0 Å². The lowest BCUT2D eigenvalue weighted by Crippen LogP contribution is -2.30. The maximum atomic E-state index is 12.6. The van der Waals surface area contributed by atoms with Crippen molar-refractivity contribution in [2.24, 2.45) is 12.1 Å². The molecule has 0 aliphatic carbocycles. The molecule has 3 aromatic rings. The van der Waals surface area contributed by atoms with Gasteiger partial charge >= 0.3 is 5.97 Å². The number of para-hydroxylation sites is 1. The van der Waals surface area contributed by atoms with Crippen molar-refractivity contribution in [2.45, 2.75) is 13.8 Å². The second-order valence-electron chi connectivity index (χ2n) is 7.01. The maximum Gasteiger partial charge on any atom is 0.359 e. The van der Waals surface area contributed by atoms with Crippen molar-refractivity contribution in [1.82, 2.24) is 0 Å². The molecule has 6 nitrogen and oxygen atoms in total. The SMILES string of the molecule is CCN(CC)c1ccc(N(C)/N=C(\C(=O)OC)c2cc[n+](C)c3ccccc23)cc1. The summed E-state index contributed by atoms with van der Waals surface area (Å²) in [4.78, 5) is 14.9. The molecule has 156 valence electrons. The number of carbonyl (C=O) groups is 1. The van der Waals surface area contributed by atoms with Crippen molar-refractivity contribution in [3.63, 3.8) is 0 Å². The molecule has 0 bridgehead atoms. The number of rotatable bonds is 7. The van der Waals surface area contributed by atoms with E-state index in [0.717, 1.165) is 40.9 Å². The lowest BCUT2D eigenvalue weighted by molar-refractivity contribution is -0.644. The van der Waals surface area contributed by atoms with Gasteiger partial charge in [0.2, 0.25) is 5.52 Å². The smallest absolute Gasteiger partial charge is 0.359 e. The van der Waals surface area contributed by atoms with Crippen molar-refractivity contribution >= 4 is 34.0 Å². The number of anilines is 2. The van der Waals surface area contributed by atoms with E-state index in [2.05, 4.69) is 36.0 Å². The molecule has 2 aromatic carbocycles. The minimum Gasteiger partial charge on any atom is -0.464 e. The van der Waals surface area contributed by atoms with E-state index in [1.54, 1.807) is 5.01 Å². The second-order valence-corrected chi connectivity index (χ2v) is 7.01. The highest BCUT2D eigenvalue weighted by molar-refractivity contribution is 6.45. The van der Waals surface area contributed by atoms with Gasteiger partial charge in [0.15, 0.2) is 11.9 Å². The monoisotopic (exact) mass is 405 g/mol. The predicted molar refractivity (Wildman–Crippen MR) is 122 cm³/mol. The summed E-state index contributed by atoms with van der Waals surface area (Å²) >= 11 is 0. The number of ether oxygens (including phenoxy) is 1. The number of aromatic nitrogens is 1. The summed E-state index contributed by atoms with van der Waals surface area (Å²) in [6.07, 6.45) is 1.93. The summed E-state index contributed by atoms with van der Waals surface area (Å²) in [5.41, 5.74) is 4.07. The van der Waals surface area contributed by atoms with E-state index in [-0.39, 0.29) is 5.71 Å². The number of carbonyl (C=O) groups excluding carboxylic acids is 1. The first-order valence-electron chi connectivity index (χ1n) is 10.1. The third-order valence-corrected chi connectivity index (χ3v) is 5.27. The zero-order chi connectivity index (χ0) is 21.7. The molecular formula is C24H29N4O2+. The highest BCUT2D eigenvalue weighted by atomic mass is 16.5. The van der Waals surface area contributed by atoms with Gasteiger partial charge < -0.3 is 9.64 Å². The first-order valence-corrected chi connectivity index (χ1v) is 10.1. The van der Waals surface area contributed by atoms with Crippen LogP contribution in [0, 0.1) is 0 Å². The molecule has 1 aromatic heterocycles. The fraction of sp³-hybridized carbons (Fsp3) is 0.292. The average molecular weight is 406 g/mol. The summed E-state index contributed by atoms with van der Waals surface area (Å²) in [5, 5.41) is 7.28. The number of fused-ring (bicyclic) bond motifs is 1. The van der Waals surface area contributed by atoms with Crippen molar-refractivity contribution in [3.8, 4) is 0 Å². The summed E-state index contributed by atoms with van der Waals surface area (Å²) in [5.74, 6) is -0.472. The van der Waals surface area contributed by atoms with Crippen molar-refractivity contribution in [2.75, 3.05) is 37.2 Å². The Hall–Kier alpha value is -3.41. The summed E-state index contributed by atoms with van der Waals surface area (Å²) in [6, 6.07) is 18.0. The zero-order valence-electron chi connectivity index (χ0n) is 18.3. The van der Waals surface area contributed by atoms with Crippen LogP contribution < -0.4 is 14.5 Å². The van der Waals surface area contributed by atoms with Gasteiger partial charge in [-0.15, -0.1) is 0 Å². The van der Waals surface area contributed by atoms with Crippen LogP contribution in [0.2, 0.25) is 0 Å². The molecule has 3 rings (SSSR count). The fourth-order valence-corrected chi connectivity index (χ4v) is 3.55. The Bertz CT molecular complexity index is 1060. The molecule has 30 heavy (non-hydrogen) atoms. The van der Waals surface area contributed by atoms with Gasteiger partial charge in [-0.3, -0.25) is 5.01 Å². The topological polar surface area (TPSA) is 49.0 Å². The molecule has 0 amide bonds. The van der Waals surface area contributed by atoms with Gasteiger partial charge in [0.1, 0.15) is 7.05 Å².